The van der Waals surface area contributed by atoms with Crippen LogP contribution in [0.5, 0.6) is 5.75 Å². The van der Waals surface area contributed by atoms with Gasteiger partial charge in [0, 0.05) is 37.8 Å². The molecule has 0 bridgehead atoms. The maximum Gasteiger partial charge on any atom is 0.316 e. The topological polar surface area (TPSA) is 90.9 Å². The van der Waals surface area contributed by atoms with Crippen LogP contribution >= 0.6 is 0 Å². The lowest BCUT2D eigenvalue weighted by Gasteiger charge is -2.35. The van der Waals surface area contributed by atoms with Gasteiger partial charge in [0.15, 0.2) is 11.5 Å². The van der Waals surface area contributed by atoms with Crippen molar-refractivity contribution in [2.45, 2.75) is 13.0 Å². The van der Waals surface area contributed by atoms with E-state index in [2.05, 4.69) is 22.5 Å². The van der Waals surface area contributed by atoms with Gasteiger partial charge < -0.3 is 25.4 Å². The molecule has 1 aromatic rings. The van der Waals surface area contributed by atoms with Gasteiger partial charge in [-0.2, -0.15) is 0 Å². The summed E-state index contributed by atoms with van der Waals surface area (Å²) in [5.41, 5.74) is 1.90. The SMILES string of the molecule is COc1c(N2CCNC(C)C2)ccc2c1NCC(C(=O)O)C2=O. The zero-order chi connectivity index (χ0) is 16.6. The van der Waals surface area contributed by atoms with Crippen LogP contribution in [0.2, 0.25) is 0 Å². The van der Waals surface area contributed by atoms with Crippen LogP contribution in [0.25, 0.3) is 0 Å². The van der Waals surface area contributed by atoms with Gasteiger partial charge in [-0.3, -0.25) is 9.59 Å². The summed E-state index contributed by atoms with van der Waals surface area (Å²) in [7, 11) is 1.57. The van der Waals surface area contributed by atoms with Gasteiger partial charge in [-0.25, -0.2) is 0 Å². The number of carboxylic acids is 1. The number of nitrogens with zero attached hydrogens (tertiary/aromatic N) is 1. The van der Waals surface area contributed by atoms with Gasteiger partial charge in [-0.15, -0.1) is 0 Å². The van der Waals surface area contributed by atoms with Gasteiger partial charge in [0.1, 0.15) is 5.92 Å². The van der Waals surface area contributed by atoms with Crippen molar-refractivity contribution in [2.75, 3.05) is 43.5 Å². The molecule has 0 saturated carbocycles. The van der Waals surface area contributed by atoms with Crippen molar-refractivity contribution >= 4 is 23.1 Å². The molecule has 2 aliphatic rings. The summed E-state index contributed by atoms with van der Waals surface area (Å²) in [6.45, 7) is 4.79. The Labute approximate surface area is 134 Å². The number of methoxy groups -OCH3 is 1. The van der Waals surface area contributed by atoms with Crippen LogP contribution in [-0.4, -0.2) is 56.2 Å². The van der Waals surface area contributed by atoms with Gasteiger partial charge >= 0.3 is 5.97 Å². The average molecular weight is 319 g/mol. The predicted octanol–water partition coefficient (Wildman–Crippen LogP) is 0.802. The van der Waals surface area contributed by atoms with Crippen LogP contribution in [0, 0.1) is 5.92 Å². The highest BCUT2D eigenvalue weighted by Gasteiger charge is 2.35. The molecule has 1 fully saturated rings. The second kappa shape index (κ2) is 6.08. The fraction of sp³-hybridized carbons (Fsp3) is 0.500. The average Bonchev–Trinajstić information content (AvgIpc) is 2.53. The molecule has 2 heterocycles. The maximum absolute atomic E-state index is 12.4. The number of anilines is 2. The monoisotopic (exact) mass is 319 g/mol. The van der Waals surface area contributed by atoms with E-state index in [0.29, 0.717) is 23.0 Å². The summed E-state index contributed by atoms with van der Waals surface area (Å²) in [6.07, 6.45) is 0. The van der Waals surface area contributed by atoms with Crippen LogP contribution in [0.4, 0.5) is 11.4 Å². The third-order valence-electron chi connectivity index (χ3n) is 4.41. The second-order valence-corrected chi connectivity index (χ2v) is 5.98. The molecule has 7 heteroatoms. The third-order valence-corrected chi connectivity index (χ3v) is 4.41. The number of hydrogen-bond donors (Lipinski definition) is 3. The number of nitrogens with one attached hydrogen (secondary N) is 2. The summed E-state index contributed by atoms with van der Waals surface area (Å²) in [4.78, 5) is 25.8. The number of carbonyl (C=O) groups is 2. The van der Waals surface area contributed by atoms with E-state index >= 15 is 0 Å². The Morgan fingerprint density at radius 1 is 1.43 bits per heavy atom. The largest absolute Gasteiger partial charge is 0.492 e. The number of ketones is 1. The van der Waals surface area contributed by atoms with Crippen molar-refractivity contribution in [1.82, 2.24) is 5.32 Å². The predicted molar refractivity (Wildman–Crippen MR) is 86.6 cm³/mol. The van der Waals surface area contributed by atoms with Crippen LogP contribution < -0.4 is 20.3 Å². The Morgan fingerprint density at radius 3 is 2.87 bits per heavy atom. The first kappa shape index (κ1) is 15.6. The summed E-state index contributed by atoms with van der Waals surface area (Å²) in [5.74, 6) is -1.91. The normalized spacial score (nSPS) is 23.9. The first-order valence-electron chi connectivity index (χ1n) is 7.73. The third kappa shape index (κ3) is 2.72. The molecule has 0 aromatic heterocycles. The van der Waals surface area contributed by atoms with Crippen molar-refractivity contribution in [3.8, 4) is 5.75 Å². The molecule has 2 atom stereocenters. The van der Waals surface area contributed by atoms with Crippen molar-refractivity contribution in [3.63, 3.8) is 0 Å². The standard InChI is InChI=1S/C16H21N3O4/c1-9-8-19(6-5-17-9)12-4-3-10-13(15(12)23-2)18-7-11(14(10)20)16(21)22/h3-4,9,11,17-18H,5-8H2,1-2H3,(H,21,22). The second-order valence-electron chi connectivity index (χ2n) is 5.98. The number of carbonyl (C=O) groups excluding carboxylic acids is 1. The molecule has 23 heavy (non-hydrogen) atoms. The Morgan fingerprint density at radius 2 is 2.22 bits per heavy atom. The van der Waals surface area contributed by atoms with Crippen molar-refractivity contribution in [3.05, 3.63) is 17.7 Å². The maximum atomic E-state index is 12.4. The fourth-order valence-electron chi connectivity index (χ4n) is 3.24. The van der Waals surface area contributed by atoms with Crippen LogP contribution in [-0.2, 0) is 4.79 Å². The van der Waals surface area contributed by atoms with E-state index in [0.717, 1.165) is 25.3 Å². The molecular formula is C16H21N3O4. The summed E-state index contributed by atoms with van der Waals surface area (Å²) < 4.78 is 5.55. The molecule has 1 aromatic carbocycles. The summed E-state index contributed by atoms with van der Waals surface area (Å²) >= 11 is 0. The number of aliphatic carboxylic acids is 1. The first-order chi connectivity index (χ1) is 11.0. The first-order valence-corrected chi connectivity index (χ1v) is 7.73. The Balaban J connectivity index is 1.99. The lowest BCUT2D eigenvalue weighted by Crippen LogP contribution is -2.49. The highest BCUT2D eigenvalue weighted by Crippen LogP contribution is 2.41. The lowest BCUT2D eigenvalue weighted by molar-refractivity contribution is -0.139. The molecule has 0 aliphatic carbocycles. The number of Topliss-reactive ketones (excluding diaryl/α,β-unsaturated/α-hetero) is 1. The molecule has 0 spiro atoms. The smallest absolute Gasteiger partial charge is 0.316 e. The number of piperazine rings is 1. The van der Waals surface area contributed by atoms with Gasteiger partial charge in [-0.1, -0.05) is 0 Å². The van der Waals surface area contributed by atoms with Crippen molar-refractivity contribution in [1.29, 1.82) is 0 Å². The highest BCUT2D eigenvalue weighted by molar-refractivity contribution is 6.14. The zero-order valence-electron chi connectivity index (χ0n) is 13.3. The Kier molecular flexibility index (Phi) is 4.12. The van der Waals surface area contributed by atoms with E-state index < -0.39 is 11.9 Å². The number of fused-ring (bicyclic) bond motifs is 1. The molecule has 2 unspecified atom stereocenters. The lowest BCUT2D eigenvalue weighted by atomic mass is 9.91. The molecule has 2 aliphatic heterocycles. The van der Waals surface area contributed by atoms with Gasteiger partial charge in [-0.05, 0) is 19.1 Å². The van der Waals surface area contributed by atoms with Crippen LogP contribution in [0.1, 0.15) is 17.3 Å². The number of ether oxygens (including phenoxy) is 1. The molecule has 0 radical (unpaired) electrons. The minimum Gasteiger partial charge on any atom is -0.492 e. The van der Waals surface area contributed by atoms with Crippen LogP contribution in [0.15, 0.2) is 12.1 Å². The van der Waals surface area contributed by atoms with Crippen LogP contribution in [0.3, 0.4) is 0 Å². The number of benzene rings is 1. The summed E-state index contributed by atoms with van der Waals surface area (Å²) in [6, 6.07) is 3.92. The minimum absolute atomic E-state index is 0.0823. The fourth-order valence-corrected chi connectivity index (χ4v) is 3.24. The molecule has 0 amide bonds. The van der Waals surface area contributed by atoms with Gasteiger partial charge in [0.2, 0.25) is 0 Å². The van der Waals surface area contributed by atoms with E-state index in [1.165, 1.54) is 0 Å². The van der Waals surface area contributed by atoms with E-state index in [1.807, 2.05) is 6.07 Å². The van der Waals surface area contributed by atoms with E-state index in [4.69, 9.17) is 9.84 Å². The Bertz CT molecular complexity index is 646. The molecule has 3 N–H and O–H groups in total. The van der Waals surface area contributed by atoms with E-state index in [-0.39, 0.29) is 12.3 Å². The molecule has 7 nitrogen and oxygen atoms in total. The quantitative estimate of drug-likeness (QED) is 0.710. The molecule has 3 rings (SSSR count). The van der Waals surface area contributed by atoms with Gasteiger partial charge in [0.25, 0.3) is 0 Å². The highest BCUT2D eigenvalue weighted by atomic mass is 16.5. The molecule has 1 saturated heterocycles. The number of rotatable bonds is 3. The summed E-state index contributed by atoms with van der Waals surface area (Å²) in [5, 5.41) is 15.6. The minimum atomic E-state index is -1.10. The number of hydrogen-bond acceptors (Lipinski definition) is 6. The Hall–Kier alpha value is -2.28. The molecular weight excluding hydrogens is 298 g/mol. The zero-order valence-corrected chi connectivity index (χ0v) is 13.3. The van der Waals surface area contributed by atoms with Crippen molar-refractivity contribution in [2.24, 2.45) is 5.92 Å². The molecule has 124 valence electrons. The van der Waals surface area contributed by atoms with Crippen molar-refractivity contribution < 1.29 is 19.4 Å². The van der Waals surface area contributed by atoms with E-state index in [9.17, 15) is 9.59 Å². The van der Waals surface area contributed by atoms with E-state index in [1.54, 1.807) is 13.2 Å². The number of carboxylic acid groups (broad SMARTS) is 1. The van der Waals surface area contributed by atoms with Gasteiger partial charge in [0.05, 0.1) is 18.5 Å².